The van der Waals surface area contributed by atoms with Crippen molar-refractivity contribution in [2.24, 2.45) is 0 Å². The molecule has 0 amide bonds. The molecular weight excluding hydrogens is 526 g/mol. The zero-order valence-corrected chi connectivity index (χ0v) is 25.6. The van der Waals surface area contributed by atoms with Crippen LogP contribution in [0, 0.1) is 0 Å². The molecule has 0 N–H and O–H groups in total. The average Bonchev–Trinajstić information content (AvgIpc) is 3.51. The van der Waals surface area contributed by atoms with Crippen LogP contribution in [-0.4, -0.2) is 63.5 Å². The Morgan fingerprint density at radius 2 is 1.82 bits per heavy atom. The Hall–Kier alpha value is -2.03. The fourth-order valence-corrected chi connectivity index (χ4v) is 8.79. The van der Waals surface area contributed by atoms with Crippen molar-refractivity contribution in [2.75, 3.05) is 19.9 Å². The summed E-state index contributed by atoms with van der Waals surface area (Å²) in [6.07, 6.45) is 7.11. The monoisotopic (exact) mass is 569 g/mol. The molecule has 0 saturated carbocycles. The Bertz CT molecular complexity index is 1250. The minimum atomic E-state index is -1.29. The van der Waals surface area contributed by atoms with E-state index in [2.05, 4.69) is 30.0 Å². The highest BCUT2D eigenvalue weighted by Crippen LogP contribution is 2.56. The van der Waals surface area contributed by atoms with Gasteiger partial charge in [0.1, 0.15) is 6.10 Å². The molecule has 2 saturated heterocycles. The second kappa shape index (κ2) is 9.77. The molecule has 7 nitrogen and oxygen atoms in total. The van der Waals surface area contributed by atoms with Crippen molar-refractivity contribution < 1.29 is 28.5 Å². The van der Waals surface area contributed by atoms with Crippen molar-refractivity contribution in [3.63, 3.8) is 0 Å². The number of hydrogen-bond acceptors (Lipinski definition) is 8. The van der Waals surface area contributed by atoms with Crippen molar-refractivity contribution in [2.45, 2.75) is 120 Å². The molecule has 1 aromatic rings. The number of hydrogen-bond donors (Lipinski definition) is 0. The first-order chi connectivity index (χ1) is 18.8. The van der Waals surface area contributed by atoms with Crippen molar-refractivity contribution in [1.82, 2.24) is 4.90 Å². The van der Waals surface area contributed by atoms with Gasteiger partial charge < -0.3 is 18.9 Å². The Morgan fingerprint density at radius 1 is 1.07 bits per heavy atom. The number of thioether (sulfide) groups is 1. The van der Waals surface area contributed by atoms with Gasteiger partial charge >= 0.3 is 5.97 Å². The summed E-state index contributed by atoms with van der Waals surface area (Å²) in [7, 11) is 0. The molecule has 5 aliphatic rings. The van der Waals surface area contributed by atoms with Crippen LogP contribution in [0.3, 0.4) is 0 Å². The molecule has 4 aliphatic heterocycles. The fourth-order valence-electron chi connectivity index (χ4n) is 7.81. The zero-order valence-electron chi connectivity index (χ0n) is 24.8. The van der Waals surface area contributed by atoms with Gasteiger partial charge in [0.15, 0.2) is 22.2 Å². The van der Waals surface area contributed by atoms with Gasteiger partial charge in [-0.3, -0.25) is 9.69 Å². The van der Waals surface area contributed by atoms with E-state index in [9.17, 15) is 9.59 Å². The van der Waals surface area contributed by atoms with E-state index in [4.69, 9.17) is 18.9 Å². The van der Waals surface area contributed by atoms with Crippen LogP contribution in [0.1, 0.15) is 97.1 Å². The van der Waals surface area contributed by atoms with Crippen molar-refractivity contribution >= 4 is 22.8 Å². The minimum absolute atomic E-state index is 0.0177. The van der Waals surface area contributed by atoms with E-state index in [1.807, 2.05) is 34.6 Å². The molecule has 0 bridgehead atoms. The molecule has 1 unspecified atom stereocenters. The SMILES string of the molecule is CC1=C[C@@]23CCCN2CCc2cc4c(cc2[C@@H]3C1OC(=O)[C@]1(CC(=O)SC(C)(C)C)CCCC(C)(C)O1)OCO4. The molecule has 1 spiro atoms. The van der Waals surface area contributed by atoms with Crippen LogP contribution in [0.2, 0.25) is 0 Å². The average molecular weight is 570 g/mol. The van der Waals surface area contributed by atoms with Crippen LogP contribution < -0.4 is 9.47 Å². The van der Waals surface area contributed by atoms with Gasteiger partial charge in [0, 0.05) is 17.2 Å². The summed E-state index contributed by atoms with van der Waals surface area (Å²) in [4.78, 5) is 30.2. The van der Waals surface area contributed by atoms with Crippen LogP contribution in [0.25, 0.3) is 0 Å². The highest BCUT2D eigenvalue weighted by atomic mass is 32.2. The highest BCUT2D eigenvalue weighted by Gasteiger charge is 2.58. The first-order valence-corrected chi connectivity index (χ1v) is 15.6. The second-order valence-electron chi connectivity index (χ2n) is 13.9. The van der Waals surface area contributed by atoms with E-state index in [0.717, 1.165) is 62.3 Å². The number of fused-ring (bicyclic) bond motifs is 3. The Morgan fingerprint density at radius 3 is 2.55 bits per heavy atom. The van der Waals surface area contributed by atoms with Crippen molar-refractivity contribution in [3.8, 4) is 11.5 Å². The smallest absolute Gasteiger partial charge is 0.339 e. The summed E-state index contributed by atoms with van der Waals surface area (Å²) >= 11 is 1.27. The molecule has 4 heterocycles. The van der Waals surface area contributed by atoms with Gasteiger partial charge in [-0.05, 0) is 94.7 Å². The summed E-state index contributed by atoms with van der Waals surface area (Å²) < 4.78 is 24.4. The molecule has 40 heavy (non-hydrogen) atoms. The lowest BCUT2D eigenvalue weighted by atomic mass is 9.77. The number of carbonyl (C=O) groups is 2. The molecule has 4 atom stereocenters. The third-order valence-electron chi connectivity index (χ3n) is 9.27. The van der Waals surface area contributed by atoms with Crippen molar-refractivity contribution in [3.05, 3.63) is 34.9 Å². The topological polar surface area (TPSA) is 74.3 Å². The van der Waals surface area contributed by atoms with E-state index in [1.54, 1.807) is 0 Å². The maximum Gasteiger partial charge on any atom is 0.339 e. The van der Waals surface area contributed by atoms with E-state index in [-0.39, 0.29) is 34.5 Å². The molecule has 218 valence electrons. The summed E-state index contributed by atoms with van der Waals surface area (Å²) in [5.41, 5.74) is 1.47. The number of esters is 1. The maximum absolute atomic E-state index is 14.4. The third-order valence-corrected chi connectivity index (χ3v) is 10.3. The maximum atomic E-state index is 14.4. The quantitative estimate of drug-likeness (QED) is 0.327. The predicted octanol–water partition coefficient (Wildman–Crippen LogP) is 5.93. The van der Waals surface area contributed by atoms with Gasteiger partial charge in [-0.2, -0.15) is 0 Å². The standard InChI is InChI=1S/C32H43NO6S/c1-20-17-31-11-8-13-33(31)14-9-21-15-23-24(37-19-36-23)16-22(21)26(31)27(20)38-28(35)32(12-7-10-30(5,6)39-32)18-25(34)40-29(2,3)4/h15-17,26-27H,7-14,18-19H2,1-6H3/t26-,27?,31-,32-/m1/s1. The molecule has 8 heteroatoms. The lowest BCUT2D eigenvalue weighted by molar-refractivity contribution is -0.212. The Balaban J connectivity index is 1.36. The molecule has 0 radical (unpaired) electrons. The summed E-state index contributed by atoms with van der Waals surface area (Å²) in [6.45, 7) is 14.4. The zero-order chi connectivity index (χ0) is 28.5. The molecule has 1 aliphatic carbocycles. The van der Waals surface area contributed by atoms with E-state index in [0.29, 0.717) is 6.42 Å². The highest BCUT2D eigenvalue weighted by molar-refractivity contribution is 8.14. The molecule has 1 aromatic carbocycles. The predicted molar refractivity (Wildman–Crippen MR) is 155 cm³/mol. The van der Waals surface area contributed by atoms with Crippen LogP contribution in [0.5, 0.6) is 11.5 Å². The van der Waals surface area contributed by atoms with Crippen LogP contribution >= 0.6 is 11.8 Å². The normalized spacial score (nSPS) is 32.5. The van der Waals surface area contributed by atoms with Gasteiger partial charge in [0.2, 0.25) is 6.79 Å². The third kappa shape index (κ3) is 4.88. The number of carbonyl (C=O) groups excluding carboxylic acids is 2. The molecule has 6 rings (SSSR count). The number of ether oxygens (including phenoxy) is 4. The van der Waals surface area contributed by atoms with E-state index < -0.39 is 23.3 Å². The first-order valence-electron chi connectivity index (χ1n) is 14.8. The summed E-state index contributed by atoms with van der Waals surface area (Å²) in [5.74, 6) is 1.08. The fraction of sp³-hybridized carbons (Fsp3) is 0.688. The number of rotatable bonds is 4. The van der Waals surface area contributed by atoms with Gasteiger partial charge in [-0.15, -0.1) is 0 Å². The lowest BCUT2D eigenvalue weighted by Gasteiger charge is -2.45. The Labute approximate surface area is 242 Å². The van der Waals surface area contributed by atoms with Crippen LogP contribution in [0.4, 0.5) is 0 Å². The molecule has 2 fully saturated rings. The van der Waals surface area contributed by atoms with Crippen molar-refractivity contribution in [1.29, 1.82) is 0 Å². The van der Waals surface area contributed by atoms with E-state index in [1.165, 1.54) is 22.9 Å². The minimum Gasteiger partial charge on any atom is -0.455 e. The molecular formula is C32H43NO6S. The summed E-state index contributed by atoms with van der Waals surface area (Å²) in [5, 5.41) is -0.0354. The number of benzene rings is 1. The number of nitrogens with zero attached hydrogens (tertiary/aromatic N) is 1. The van der Waals surface area contributed by atoms with Gasteiger partial charge in [0.05, 0.1) is 17.6 Å². The molecule has 0 aromatic heterocycles. The van der Waals surface area contributed by atoms with Gasteiger partial charge in [-0.25, -0.2) is 4.79 Å². The van der Waals surface area contributed by atoms with Gasteiger partial charge in [-0.1, -0.05) is 38.6 Å². The van der Waals surface area contributed by atoms with Crippen LogP contribution in [-0.2, 0) is 25.5 Å². The first kappa shape index (κ1) is 28.1. The Kier molecular flexibility index (Phi) is 6.87. The summed E-state index contributed by atoms with van der Waals surface area (Å²) in [6, 6.07) is 4.25. The van der Waals surface area contributed by atoms with E-state index >= 15 is 0 Å². The second-order valence-corrected chi connectivity index (χ2v) is 15.8. The van der Waals surface area contributed by atoms with Gasteiger partial charge in [0.25, 0.3) is 0 Å². The largest absolute Gasteiger partial charge is 0.455 e. The lowest BCUT2D eigenvalue weighted by Crippen LogP contribution is -2.54. The van der Waals surface area contributed by atoms with Crippen LogP contribution in [0.15, 0.2) is 23.8 Å².